The van der Waals surface area contributed by atoms with E-state index in [9.17, 15) is 19.1 Å². The van der Waals surface area contributed by atoms with Crippen LogP contribution in [0.4, 0.5) is 10.2 Å². The fraction of sp³-hybridized carbons (Fsp3) is 0.333. The van der Waals surface area contributed by atoms with Crippen molar-refractivity contribution in [1.29, 1.82) is 0 Å². The summed E-state index contributed by atoms with van der Waals surface area (Å²) in [6, 6.07) is 6.60. The van der Waals surface area contributed by atoms with Crippen molar-refractivity contribution in [3.05, 3.63) is 63.5 Å². The third kappa shape index (κ3) is 3.88. The first-order valence-electron chi connectivity index (χ1n) is 9.81. The summed E-state index contributed by atoms with van der Waals surface area (Å²) in [5.41, 5.74) is 1.19. The molecule has 3 heterocycles. The molecule has 30 heavy (non-hydrogen) atoms. The van der Waals surface area contributed by atoms with Crippen molar-refractivity contribution >= 4 is 22.8 Å². The second-order valence-corrected chi connectivity index (χ2v) is 7.25. The summed E-state index contributed by atoms with van der Waals surface area (Å²) in [5, 5.41) is 10.8. The van der Waals surface area contributed by atoms with Gasteiger partial charge in [-0.05, 0) is 24.6 Å². The topological polar surface area (TPSA) is 105 Å². The number of aromatic carboxylic acids is 1. The zero-order valence-electron chi connectivity index (χ0n) is 16.5. The zero-order chi connectivity index (χ0) is 21.3. The van der Waals surface area contributed by atoms with E-state index in [1.54, 1.807) is 18.2 Å². The lowest BCUT2D eigenvalue weighted by molar-refractivity contribution is -0.255. The Balaban J connectivity index is 1.44. The van der Waals surface area contributed by atoms with Gasteiger partial charge in [0.25, 0.3) is 5.56 Å². The molecule has 1 aliphatic rings. The van der Waals surface area contributed by atoms with Crippen molar-refractivity contribution < 1.29 is 14.3 Å². The lowest BCUT2D eigenvalue weighted by atomic mass is 10.1. The highest BCUT2D eigenvalue weighted by Gasteiger charge is 2.20. The van der Waals surface area contributed by atoms with Gasteiger partial charge in [-0.2, -0.15) is 0 Å². The highest BCUT2D eigenvalue weighted by molar-refractivity contribution is 5.85. The van der Waals surface area contributed by atoms with Gasteiger partial charge in [-0.3, -0.25) is 9.69 Å². The summed E-state index contributed by atoms with van der Waals surface area (Å²) >= 11 is 0. The van der Waals surface area contributed by atoms with Gasteiger partial charge in [-0.15, -0.1) is 0 Å². The van der Waals surface area contributed by atoms with E-state index in [0.29, 0.717) is 61.7 Å². The lowest BCUT2D eigenvalue weighted by Crippen LogP contribution is -2.46. The van der Waals surface area contributed by atoms with Crippen LogP contribution in [-0.2, 0) is 13.0 Å². The van der Waals surface area contributed by atoms with Gasteiger partial charge in [-0.1, -0.05) is 13.0 Å². The number of carbonyl (C=O) groups is 1. The van der Waals surface area contributed by atoms with Gasteiger partial charge in [0.2, 0.25) is 0 Å². The first-order chi connectivity index (χ1) is 14.5. The lowest BCUT2D eigenvalue weighted by Gasteiger charge is -2.35. The maximum Gasteiger partial charge on any atom is 0.270 e. The SMILES string of the molecule is CCc1nc2ccc(CN3CCN(c4ccc(C(=O)[O-])cn4)CC3)c(F)c2[nH]c1=O. The number of pyridine rings is 1. The molecule has 0 atom stereocenters. The predicted octanol–water partition coefficient (Wildman–Crippen LogP) is 0.705. The second kappa shape index (κ2) is 8.19. The number of fused-ring (bicyclic) bond motifs is 1. The van der Waals surface area contributed by atoms with Crippen molar-refractivity contribution in [3.63, 3.8) is 0 Å². The molecule has 4 rings (SSSR count). The van der Waals surface area contributed by atoms with E-state index in [-0.39, 0.29) is 16.6 Å². The number of aromatic nitrogens is 3. The molecule has 0 amide bonds. The monoisotopic (exact) mass is 410 g/mol. The number of hydrogen-bond donors (Lipinski definition) is 1. The quantitative estimate of drug-likeness (QED) is 0.660. The number of benzene rings is 1. The number of carboxylic acids is 1. The van der Waals surface area contributed by atoms with E-state index in [1.165, 1.54) is 12.3 Å². The highest BCUT2D eigenvalue weighted by Crippen LogP contribution is 2.20. The Hall–Kier alpha value is -3.33. The van der Waals surface area contributed by atoms with Crippen LogP contribution in [0.2, 0.25) is 0 Å². The fourth-order valence-corrected chi connectivity index (χ4v) is 3.63. The molecule has 2 aromatic heterocycles. The number of hydrogen-bond acceptors (Lipinski definition) is 7. The minimum Gasteiger partial charge on any atom is -0.545 e. The average Bonchev–Trinajstić information content (AvgIpc) is 2.76. The molecule has 1 aliphatic heterocycles. The number of aryl methyl sites for hydroxylation is 1. The van der Waals surface area contributed by atoms with E-state index in [2.05, 4.69) is 24.8 Å². The molecule has 0 spiro atoms. The van der Waals surface area contributed by atoms with Gasteiger partial charge in [-0.25, -0.2) is 14.4 Å². The first-order valence-corrected chi connectivity index (χ1v) is 9.81. The molecular weight excluding hydrogens is 389 g/mol. The van der Waals surface area contributed by atoms with E-state index >= 15 is 0 Å². The molecule has 156 valence electrons. The Morgan fingerprint density at radius 2 is 1.97 bits per heavy atom. The van der Waals surface area contributed by atoms with Gasteiger partial charge in [0.15, 0.2) is 5.82 Å². The molecule has 0 radical (unpaired) electrons. The minimum absolute atomic E-state index is 0.0442. The summed E-state index contributed by atoms with van der Waals surface area (Å²) in [7, 11) is 0. The molecule has 0 unspecified atom stereocenters. The van der Waals surface area contributed by atoms with Crippen LogP contribution in [0.25, 0.3) is 11.0 Å². The number of H-pyrrole nitrogens is 1. The zero-order valence-corrected chi connectivity index (χ0v) is 16.5. The van der Waals surface area contributed by atoms with Crippen molar-refractivity contribution in [2.45, 2.75) is 19.9 Å². The largest absolute Gasteiger partial charge is 0.545 e. The smallest absolute Gasteiger partial charge is 0.270 e. The van der Waals surface area contributed by atoms with Crippen LogP contribution in [0.3, 0.4) is 0 Å². The Labute approximate surface area is 172 Å². The maximum atomic E-state index is 15.0. The molecule has 0 bridgehead atoms. The van der Waals surface area contributed by atoms with E-state index in [1.807, 2.05) is 6.92 Å². The standard InChI is InChI=1S/C21H22FN5O3/c1-2-15-20(28)25-19-16(24-15)5-3-14(18(19)22)12-26-7-9-27(10-8-26)17-6-4-13(11-23-17)21(29)30/h3-6,11H,2,7-10,12H2,1H3,(H,25,28)(H,29,30)/p-1. The summed E-state index contributed by atoms with van der Waals surface area (Å²) in [4.78, 5) is 38.1. The summed E-state index contributed by atoms with van der Waals surface area (Å²) in [5.74, 6) is -0.993. The van der Waals surface area contributed by atoms with Crippen molar-refractivity contribution in [2.75, 3.05) is 31.1 Å². The van der Waals surface area contributed by atoms with Crippen molar-refractivity contribution in [3.8, 4) is 0 Å². The van der Waals surface area contributed by atoms with Crippen LogP contribution in [-0.4, -0.2) is 52.0 Å². The molecule has 8 nitrogen and oxygen atoms in total. The molecule has 9 heteroatoms. The fourth-order valence-electron chi connectivity index (χ4n) is 3.63. The molecule has 1 saturated heterocycles. The number of aromatic amines is 1. The summed E-state index contributed by atoms with van der Waals surface area (Å²) in [6.45, 7) is 5.03. The van der Waals surface area contributed by atoms with Crippen LogP contribution in [0.5, 0.6) is 0 Å². The maximum absolute atomic E-state index is 15.0. The third-order valence-electron chi connectivity index (χ3n) is 5.36. The Kier molecular flexibility index (Phi) is 5.45. The van der Waals surface area contributed by atoms with E-state index in [0.717, 1.165) is 0 Å². The Bertz CT molecular complexity index is 1140. The number of carboxylic acid groups (broad SMARTS) is 1. The van der Waals surface area contributed by atoms with Crippen LogP contribution in [0, 0.1) is 5.82 Å². The number of halogens is 1. The van der Waals surface area contributed by atoms with Gasteiger partial charge in [0.1, 0.15) is 17.0 Å². The first kappa shape index (κ1) is 20.0. The molecular formula is C21H21FN5O3-. The van der Waals surface area contributed by atoms with Gasteiger partial charge < -0.3 is 19.8 Å². The van der Waals surface area contributed by atoms with Crippen molar-refractivity contribution in [2.24, 2.45) is 0 Å². The predicted molar refractivity (Wildman–Crippen MR) is 108 cm³/mol. The van der Waals surface area contributed by atoms with Crippen LogP contribution in [0.1, 0.15) is 28.5 Å². The number of carbonyl (C=O) groups excluding carboxylic acids is 1. The molecule has 3 aromatic rings. The molecule has 0 saturated carbocycles. The Morgan fingerprint density at radius 1 is 1.20 bits per heavy atom. The summed E-state index contributed by atoms with van der Waals surface area (Å²) in [6.07, 6.45) is 1.78. The molecule has 1 aromatic carbocycles. The summed E-state index contributed by atoms with van der Waals surface area (Å²) < 4.78 is 15.0. The average molecular weight is 410 g/mol. The normalized spacial score (nSPS) is 14.9. The number of nitrogens with zero attached hydrogens (tertiary/aromatic N) is 4. The van der Waals surface area contributed by atoms with Crippen LogP contribution < -0.4 is 15.6 Å². The molecule has 1 N–H and O–H groups in total. The van der Waals surface area contributed by atoms with Crippen molar-refractivity contribution in [1.82, 2.24) is 19.9 Å². The number of anilines is 1. The van der Waals surface area contributed by atoms with Gasteiger partial charge in [0.05, 0.1) is 11.5 Å². The van der Waals surface area contributed by atoms with E-state index in [4.69, 9.17) is 0 Å². The number of rotatable bonds is 5. The van der Waals surface area contributed by atoms with Gasteiger partial charge >= 0.3 is 0 Å². The highest BCUT2D eigenvalue weighted by atomic mass is 19.1. The third-order valence-corrected chi connectivity index (χ3v) is 5.36. The minimum atomic E-state index is -1.25. The number of nitrogens with one attached hydrogen (secondary N) is 1. The second-order valence-electron chi connectivity index (χ2n) is 7.25. The van der Waals surface area contributed by atoms with E-state index < -0.39 is 11.8 Å². The van der Waals surface area contributed by atoms with Crippen LogP contribution >= 0.6 is 0 Å². The Morgan fingerprint density at radius 3 is 2.60 bits per heavy atom. The molecule has 1 fully saturated rings. The van der Waals surface area contributed by atoms with Gasteiger partial charge in [0, 0.05) is 50.0 Å². The van der Waals surface area contributed by atoms with Crippen LogP contribution in [0.15, 0.2) is 35.3 Å². The number of piperazine rings is 1. The molecule has 0 aliphatic carbocycles.